The van der Waals surface area contributed by atoms with Crippen molar-refractivity contribution in [3.8, 4) is 11.5 Å². The number of hydrogen-bond acceptors (Lipinski definition) is 4. The standard InChI is InChI=1S/C17H15Cl3N2O4/c1-10-6-12(3-5-13(10)19)25-8-16(23)21-22-17(24)9-26-15-7-11(18)2-4-14(15)20/h2-7H,8-9H2,1H3,(H,21,23)(H,22,24). The molecule has 138 valence electrons. The predicted molar refractivity (Wildman–Crippen MR) is 99.9 cm³/mol. The molecular weight excluding hydrogens is 403 g/mol. The molecule has 2 N–H and O–H groups in total. The Morgan fingerprint density at radius 1 is 0.885 bits per heavy atom. The number of amides is 2. The van der Waals surface area contributed by atoms with Crippen LogP contribution < -0.4 is 20.3 Å². The van der Waals surface area contributed by atoms with Crippen LogP contribution in [0, 0.1) is 6.92 Å². The molecule has 0 aliphatic rings. The van der Waals surface area contributed by atoms with Gasteiger partial charge in [-0.3, -0.25) is 20.4 Å². The maximum atomic E-state index is 11.7. The summed E-state index contributed by atoms with van der Waals surface area (Å²) in [5.74, 6) is -0.349. The number of benzene rings is 2. The van der Waals surface area contributed by atoms with Crippen LogP contribution in [-0.4, -0.2) is 25.0 Å². The van der Waals surface area contributed by atoms with Crippen LogP contribution >= 0.6 is 34.8 Å². The lowest BCUT2D eigenvalue weighted by Crippen LogP contribution is -2.45. The number of rotatable bonds is 6. The van der Waals surface area contributed by atoms with Crippen molar-refractivity contribution < 1.29 is 19.1 Å². The average molecular weight is 418 g/mol. The number of aryl methyl sites for hydroxylation is 1. The predicted octanol–water partition coefficient (Wildman–Crippen LogP) is 3.56. The summed E-state index contributed by atoms with van der Waals surface area (Å²) in [6.07, 6.45) is 0. The van der Waals surface area contributed by atoms with Crippen LogP contribution in [0.25, 0.3) is 0 Å². The van der Waals surface area contributed by atoms with E-state index in [4.69, 9.17) is 44.3 Å². The molecule has 6 nitrogen and oxygen atoms in total. The first-order chi connectivity index (χ1) is 12.3. The maximum Gasteiger partial charge on any atom is 0.276 e. The molecule has 2 amide bonds. The monoisotopic (exact) mass is 416 g/mol. The summed E-state index contributed by atoms with van der Waals surface area (Å²) in [5, 5.41) is 1.35. The van der Waals surface area contributed by atoms with Gasteiger partial charge in [-0.05, 0) is 42.8 Å². The second-order valence-corrected chi connectivity index (χ2v) is 6.41. The summed E-state index contributed by atoms with van der Waals surface area (Å²) in [6.45, 7) is 1.20. The highest BCUT2D eigenvalue weighted by molar-refractivity contribution is 6.34. The van der Waals surface area contributed by atoms with Crippen LogP contribution in [0.5, 0.6) is 11.5 Å². The molecule has 2 aromatic carbocycles. The van der Waals surface area contributed by atoms with Crippen LogP contribution in [0.3, 0.4) is 0 Å². The van der Waals surface area contributed by atoms with E-state index >= 15 is 0 Å². The minimum Gasteiger partial charge on any atom is -0.484 e. The number of hydrazine groups is 1. The van der Waals surface area contributed by atoms with Gasteiger partial charge >= 0.3 is 0 Å². The minimum atomic E-state index is -0.572. The molecule has 0 aliphatic carbocycles. The summed E-state index contributed by atoms with van der Waals surface area (Å²) in [5.41, 5.74) is 5.24. The number of hydrogen-bond donors (Lipinski definition) is 2. The quantitative estimate of drug-likeness (QED) is 0.705. The Morgan fingerprint density at radius 3 is 2.15 bits per heavy atom. The van der Waals surface area contributed by atoms with Crippen molar-refractivity contribution in [1.82, 2.24) is 10.9 Å². The summed E-state index contributed by atoms with van der Waals surface area (Å²) >= 11 is 17.6. The molecule has 2 rings (SSSR count). The number of carbonyl (C=O) groups is 2. The van der Waals surface area contributed by atoms with E-state index in [-0.39, 0.29) is 19.0 Å². The van der Waals surface area contributed by atoms with Gasteiger partial charge < -0.3 is 9.47 Å². The summed E-state index contributed by atoms with van der Waals surface area (Å²) in [7, 11) is 0. The average Bonchev–Trinajstić information content (AvgIpc) is 2.61. The van der Waals surface area contributed by atoms with Crippen LogP contribution in [0.4, 0.5) is 0 Å². The van der Waals surface area contributed by atoms with Crippen molar-refractivity contribution in [3.63, 3.8) is 0 Å². The number of ether oxygens (including phenoxy) is 2. The van der Waals surface area contributed by atoms with Crippen molar-refractivity contribution in [2.75, 3.05) is 13.2 Å². The molecule has 0 aromatic heterocycles. The SMILES string of the molecule is Cc1cc(OCC(=O)NNC(=O)COc2cc(Cl)ccc2Cl)ccc1Cl. The van der Waals surface area contributed by atoms with Gasteiger partial charge in [-0.1, -0.05) is 34.8 Å². The third kappa shape index (κ3) is 6.29. The van der Waals surface area contributed by atoms with Crippen molar-refractivity contribution in [2.24, 2.45) is 0 Å². The first kappa shape index (κ1) is 20.2. The lowest BCUT2D eigenvalue weighted by atomic mass is 10.2. The fraction of sp³-hybridized carbons (Fsp3) is 0.176. The van der Waals surface area contributed by atoms with E-state index in [1.807, 2.05) is 6.92 Å². The molecule has 0 saturated heterocycles. The highest BCUT2D eigenvalue weighted by atomic mass is 35.5. The highest BCUT2D eigenvalue weighted by Crippen LogP contribution is 2.27. The third-order valence-electron chi connectivity index (χ3n) is 3.09. The largest absolute Gasteiger partial charge is 0.484 e. The molecule has 0 heterocycles. The van der Waals surface area contributed by atoms with E-state index in [9.17, 15) is 9.59 Å². The lowest BCUT2D eigenvalue weighted by Gasteiger charge is -2.11. The van der Waals surface area contributed by atoms with Crippen molar-refractivity contribution in [1.29, 1.82) is 0 Å². The molecule has 0 fully saturated rings. The second-order valence-electron chi connectivity index (χ2n) is 5.16. The lowest BCUT2D eigenvalue weighted by molar-refractivity contribution is -0.131. The van der Waals surface area contributed by atoms with E-state index in [0.29, 0.717) is 20.8 Å². The zero-order chi connectivity index (χ0) is 19.1. The van der Waals surface area contributed by atoms with Gasteiger partial charge in [0.1, 0.15) is 11.5 Å². The molecule has 0 unspecified atom stereocenters. The summed E-state index contributed by atoms with van der Waals surface area (Å²) in [6, 6.07) is 9.65. The van der Waals surface area contributed by atoms with Gasteiger partial charge in [-0.2, -0.15) is 0 Å². The molecule has 0 radical (unpaired) electrons. The molecule has 2 aromatic rings. The molecule has 0 atom stereocenters. The van der Waals surface area contributed by atoms with Gasteiger partial charge in [-0.15, -0.1) is 0 Å². The second kappa shape index (κ2) is 9.52. The number of halogens is 3. The van der Waals surface area contributed by atoms with Crippen LogP contribution in [0.2, 0.25) is 15.1 Å². The smallest absolute Gasteiger partial charge is 0.276 e. The molecule has 0 bridgehead atoms. The molecule has 0 saturated carbocycles. The maximum absolute atomic E-state index is 11.7. The zero-order valence-electron chi connectivity index (χ0n) is 13.6. The first-order valence-electron chi connectivity index (χ1n) is 7.39. The fourth-order valence-corrected chi connectivity index (χ4v) is 2.25. The Balaban J connectivity index is 1.72. The van der Waals surface area contributed by atoms with Crippen LogP contribution in [0.1, 0.15) is 5.56 Å². The Bertz CT molecular complexity index is 815. The summed E-state index contributed by atoms with van der Waals surface area (Å²) in [4.78, 5) is 23.4. The molecule has 0 spiro atoms. The first-order valence-corrected chi connectivity index (χ1v) is 8.53. The van der Waals surface area contributed by atoms with Crippen LogP contribution in [0.15, 0.2) is 36.4 Å². The third-order valence-corrected chi connectivity index (χ3v) is 4.06. The Hall–Kier alpha value is -2.15. The van der Waals surface area contributed by atoms with Crippen LogP contribution in [-0.2, 0) is 9.59 Å². The van der Waals surface area contributed by atoms with E-state index < -0.39 is 11.8 Å². The van der Waals surface area contributed by atoms with Crippen molar-refractivity contribution >= 4 is 46.6 Å². The Kier molecular flexibility index (Phi) is 7.38. The highest BCUT2D eigenvalue weighted by Gasteiger charge is 2.09. The van der Waals surface area contributed by atoms with Gasteiger partial charge in [0.2, 0.25) is 0 Å². The minimum absolute atomic E-state index is 0.266. The fourth-order valence-electron chi connectivity index (χ4n) is 1.80. The van der Waals surface area contributed by atoms with E-state index in [0.717, 1.165) is 5.56 Å². The molecule has 9 heteroatoms. The Labute approximate surface area is 165 Å². The zero-order valence-corrected chi connectivity index (χ0v) is 15.9. The topological polar surface area (TPSA) is 76.7 Å². The molecule has 26 heavy (non-hydrogen) atoms. The van der Waals surface area contributed by atoms with Crippen molar-refractivity contribution in [2.45, 2.75) is 6.92 Å². The molecule has 0 aliphatic heterocycles. The number of nitrogens with one attached hydrogen (secondary N) is 2. The van der Waals surface area contributed by atoms with E-state index in [1.165, 1.54) is 6.07 Å². The van der Waals surface area contributed by atoms with Crippen molar-refractivity contribution in [3.05, 3.63) is 57.0 Å². The Morgan fingerprint density at radius 2 is 1.50 bits per heavy atom. The van der Waals surface area contributed by atoms with E-state index in [2.05, 4.69) is 10.9 Å². The van der Waals surface area contributed by atoms with Gasteiger partial charge in [0.05, 0.1) is 5.02 Å². The van der Waals surface area contributed by atoms with Gasteiger partial charge in [0, 0.05) is 16.1 Å². The van der Waals surface area contributed by atoms with Gasteiger partial charge in [0.25, 0.3) is 11.8 Å². The van der Waals surface area contributed by atoms with E-state index in [1.54, 1.807) is 30.3 Å². The normalized spacial score (nSPS) is 10.2. The van der Waals surface area contributed by atoms with Gasteiger partial charge in [0.15, 0.2) is 13.2 Å². The summed E-state index contributed by atoms with van der Waals surface area (Å²) < 4.78 is 10.6. The number of carbonyl (C=O) groups excluding carboxylic acids is 2. The molecular formula is C17H15Cl3N2O4. The van der Waals surface area contributed by atoms with Gasteiger partial charge in [-0.25, -0.2) is 0 Å².